The first-order valence-electron chi connectivity index (χ1n) is 5.47. The molecule has 94 valence electrons. The van der Waals surface area contributed by atoms with E-state index in [2.05, 4.69) is 25.9 Å². The molecular weight excluding hydrogens is 299 g/mol. The Bertz CT molecular complexity index is 545. The second-order valence-electron chi connectivity index (χ2n) is 4.04. The molecule has 1 unspecified atom stereocenters. The molecule has 2 rings (SSSR count). The molecular formula is C13H12BrFN2O. The lowest BCUT2D eigenvalue weighted by Gasteiger charge is -2.11. The Hall–Kier alpha value is -1.33. The molecule has 18 heavy (non-hydrogen) atoms. The summed E-state index contributed by atoms with van der Waals surface area (Å²) in [7, 11) is 0. The first-order chi connectivity index (χ1) is 8.56. The number of benzene rings is 1. The van der Waals surface area contributed by atoms with Gasteiger partial charge in [0, 0.05) is 17.1 Å². The molecule has 0 fully saturated rings. The van der Waals surface area contributed by atoms with E-state index in [4.69, 9.17) is 0 Å². The zero-order valence-corrected chi connectivity index (χ0v) is 11.4. The van der Waals surface area contributed by atoms with E-state index in [0.29, 0.717) is 16.6 Å². The van der Waals surface area contributed by atoms with Crippen molar-refractivity contribution >= 4 is 15.9 Å². The molecule has 3 nitrogen and oxygen atoms in total. The van der Waals surface area contributed by atoms with Crippen LogP contribution in [0.4, 0.5) is 4.39 Å². The minimum Gasteiger partial charge on any atom is -0.386 e. The van der Waals surface area contributed by atoms with Crippen LogP contribution in [-0.4, -0.2) is 15.1 Å². The fourth-order valence-electron chi connectivity index (χ4n) is 1.57. The van der Waals surface area contributed by atoms with Crippen LogP contribution < -0.4 is 0 Å². The fraction of sp³-hybridized carbons (Fsp3) is 0.231. The summed E-state index contributed by atoms with van der Waals surface area (Å²) in [4.78, 5) is 8.20. The van der Waals surface area contributed by atoms with Gasteiger partial charge in [-0.3, -0.25) is 9.97 Å². The third-order valence-corrected chi connectivity index (χ3v) is 3.31. The van der Waals surface area contributed by atoms with Gasteiger partial charge in [-0.15, -0.1) is 0 Å². The lowest BCUT2D eigenvalue weighted by atomic mass is 10.1. The van der Waals surface area contributed by atoms with Crippen LogP contribution in [0, 0.1) is 12.7 Å². The van der Waals surface area contributed by atoms with Crippen LogP contribution in [0.25, 0.3) is 0 Å². The highest BCUT2D eigenvalue weighted by atomic mass is 79.9. The average molecular weight is 311 g/mol. The zero-order valence-electron chi connectivity index (χ0n) is 9.77. The molecule has 0 aliphatic rings. The first kappa shape index (κ1) is 13.1. The maximum absolute atomic E-state index is 12.9. The van der Waals surface area contributed by atoms with E-state index >= 15 is 0 Å². The minimum absolute atomic E-state index is 0.310. The Kier molecular flexibility index (Phi) is 4.04. The van der Waals surface area contributed by atoms with Crippen LogP contribution in [0.2, 0.25) is 0 Å². The van der Waals surface area contributed by atoms with Gasteiger partial charge >= 0.3 is 0 Å². The van der Waals surface area contributed by atoms with E-state index in [0.717, 1.165) is 11.3 Å². The monoisotopic (exact) mass is 310 g/mol. The molecule has 1 atom stereocenters. The molecule has 0 amide bonds. The molecule has 1 N–H and O–H groups in total. The van der Waals surface area contributed by atoms with Crippen molar-refractivity contribution in [2.24, 2.45) is 0 Å². The number of aromatic nitrogens is 2. The van der Waals surface area contributed by atoms with E-state index in [1.807, 2.05) is 6.92 Å². The highest BCUT2D eigenvalue weighted by Crippen LogP contribution is 2.23. The standard InChI is InChI=1S/C13H12BrFN2O/c1-8-6-17-12(7-16-8)13(18)4-9-2-3-10(15)5-11(9)14/h2-3,5-7,13,18H,4H2,1H3. The maximum atomic E-state index is 12.9. The predicted octanol–water partition coefficient (Wildman–Crippen LogP) is 2.96. The number of rotatable bonds is 3. The fourth-order valence-corrected chi connectivity index (χ4v) is 2.09. The number of halogens is 2. The van der Waals surface area contributed by atoms with Gasteiger partial charge in [-0.25, -0.2) is 4.39 Å². The molecule has 0 saturated heterocycles. The van der Waals surface area contributed by atoms with Gasteiger partial charge in [0.2, 0.25) is 0 Å². The molecule has 1 aromatic carbocycles. The highest BCUT2D eigenvalue weighted by Gasteiger charge is 2.12. The Labute approximate surface area is 113 Å². The van der Waals surface area contributed by atoms with Gasteiger partial charge in [0.1, 0.15) is 11.9 Å². The van der Waals surface area contributed by atoms with Gasteiger partial charge in [0.25, 0.3) is 0 Å². The van der Waals surface area contributed by atoms with Crippen molar-refractivity contribution < 1.29 is 9.50 Å². The molecule has 0 aliphatic heterocycles. The lowest BCUT2D eigenvalue weighted by Crippen LogP contribution is -2.05. The van der Waals surface area contributed by atoms with Gasteiger partial charge in [-0.05, 0) is 24.6 Å². The van der Waals surface area contributed by atoms with Crippen LogP contribution in [0.5, 0.6) is 0 Å². The van der Waals surface area contributed by atoms with Gasteiger partial charge in [0.05, 0.1) is 17.6 Å². The second-order valence-corrected chi connectivity index (χ2v) is 4.89. The van der Waals surface area contributed by atoms with E-state index in [1.165, 1.54) is 12.1 Å². The Morgan fingerprint density at radius 1 is 1.33 bits per heavy atom. The van der Waals surface area contributed by atoms with Crippen molar-refractivity contribution in [3.05, 3.63) is 57.8 Å². The van der Waals surface area contributed by atoms with Crippen molar-refractivity contribution in [3.63, 3.8) is 0 Å². The zero-order chi connectivity index (χ0) is 13.1. The largest absolute Gasteiger partial charge is 0.386 e. The van der Waals surface area contributed by atoms with Gasteiger partial charge in [0.15, 0.2) is 0 Å². The summed E-state index contributed by atoms with van der Waals surface area (Å²) in [5, 5.41) is 10.0. The van der Waals surface area contributed by atoms with Crippen LogP contribution in [0.1, 0.15) is 23.1 Å². The summed E-state index contributed by atoms with van der Waals surface area (Å²) in [6.45, 7) is 1.83. The van der Waals surface area contributed by atoms with Crippen LogP contribution in [0.3, 0.4) is 0 Å². The summed E-state index contributed by atoms with van der Waals surface area (Å²) in [6.07, 6.45) is 2.77. The quantitative estimate of drug-likeness (QED) is 0.948. The third-order valence-electron chi connectivity index (χ3n) is 2.57. The minimum atomic E-state index is -0.750. The maximum Gasteiger partial charge on any atom is 0.124 e. The smallest absolute Gasteiger partial charge is 0.124 e. The number of hydrogen-bond acceptors (Lipinski definition) is 3. The van der Waals surface area contributed by atoms with Crippen LogP contribution in [0.15, 0.2) is 35.1 Å². The topological polar surface area (TPSA) is 46.0 Å². The SMILES string of the molecule is Cc1cnc(C(O)Cc2ccc(F)cc2Br)cn1. The molecule has 0 saturated carbocycles. The summed E-state index contributed by atoms with van der Waals surface area (Å²) in [5.41, 5.74) is 2.14. The lowest BCUT2D eigenvalue weighted by molar-refractivity contribution is 0.173. The van der Waals surface area contributed by atoms with Gasteiger partial charge < -0.3 is 5.11 Å². The molecule has 0 spiro atoms. The normalized spacial score (nSPS) is 12.4. The Balaban J connectivity index is 2.15. The van der Waals surface area contributed by atoms with Crippen molar-refractivity contribution in [1.82, 2.24) is 9.97 Å². The highest BCUT2D eigenvalue weighted by molar-refractivity contribution is 9.10. The predicted molar refractivity (Wildman–Crippen MR) is 69.5 cm³/mol. The molecule has 5 heteroatoms. The third kappa shape index (κ3) is 3.11. The number of hydrogen-bond donors (Lipinski definition) is 1. The van der Waals surface area contributed by atoms with Gasteiger partial charge in [-0.1, -0.05) is 22.0 Å². The number of nitrogens with zero attached hydrogens (tertiary/aromatic N) is 2. The van der Waals surface area contributed by atoms with Crippen molar-refractivity contribution in [2.45, 2.75) is 19.4 Å². The van der Waals surface area contributed by atoms with E-state index < -0.39 is 6.10 Å². The number of aliphatic hydroxyl groups excluding tert-OH is 1. The van der Waals surface area contributed by atoms with Crippen LogP contribution >= 0.6 is 15.9 Å². The molecule has 0 radical (unpaired) electrons. The number of aliphatic hydroxyl groups is 1. The van der Waals surface area contributed by atoms with E-state index in [9.17, 15) is 9.50 Å². The van der Waals surface area contributed by atoms with E-state index in [1.54, 1.807) is 18.5 Å². The first-order valence-corrected chi connectivity index (χ1v) is 6.26. The van der Waals surface area contributed by atoms with Crippen molar-refractivity contribution in [3.8, 4) is 0 Å². The molecule has 1 heterocycles. The Morgan fingerprint density at radius 2 is 2.11 bits per heavy atom. The summed E-state index contributed by atoms with van der Waals surface area (Å²) in [5.74, 6) is -0.310. The summed E-state index contributed by atoms with van der Waals surface area (Å²) < 4.78 is 13.6. The molecule has 2 aromatic rings. The molecule has 0 bridgehead atoms. The van der Waals surface area contributed by atoms with Gasteiger partial charge in [-0.2, -0.15) is 0 Å². The summed E-state index contributed by atoms with van der Waals surface area (Å²) >= 11 is 3.27. The summed E-state index contributed by atoms with van der Waals surface area (Å²) in [6, 6.07) is 4.39. The van der Waals surface area contributed by atoms with Crippen molar-refractivity contribution in [2.75, 3.05) is 0 Å². The molecule has 1 aromatic heterocycles. The average Bonchev–Trinajstić information content (AvgIpc) is 2.33. The Morgan fingerprint density at radius 3 is 2.72 bits per heavy atom. The van der Waals surface area contributed by atoms with E-state index in [-0.39, 0.29) is 5.82 Å². The second kappa shape index (κ2) is 5.54. The number of aryl methyl sites for hydroxylation is 1. The van der Waals surface area contributed by atoms with Crippen LogP contribution in [-0.2, 0) is 6.42 Å². The van der Waals surface area contributed by atoms with Crippen molar-refractivity contribution in [1.29, 1.82) is 0 Å². The molecule has 0 aliphatic carbocycles.